The average Bonchev–Trinajstić information content (AvgIpc) is 3.53. The van der Waals surface area contributed by atoms with Gasteiger partial charge in [0.1, 0.15) is 12.7 Å². The molecule has 10 nitrogen and oxygen atoms in total. The molecule has 0 saturated carbocycles. The summed E-state index contributed by atoms with van der Waals surface area (Å²) >= 11 is 1.42. The van der Waals surface area contributed by atoms with Crippen molar-refractivity contribution < 1.29 is 4.79 Å². The number of piperidine rings is 1. The van der Waals surface area contributed by atoms with Crippen LogP contribution in [-0.2, 0) is 4.79 Å². The van der Waals surface area contributed by atoms with Crippen molar-refractivity contribution in [3.63, 3.8) is 0 Å². The molecule has 4 aromatic heterocycles. The van der Waals surface area contributed by atoms with Crippen molar-refractivity contribution in [1.29, 1.82) is 0 Å². The Balaban J connectivity index is 1.16. The van der Waals surface area contributed by atoms with E-state index in [0.29, 0.717) is 10.9 Å². The third kappa shape index (κ3) is 4.26. The monoisotopic (exact) mass is 433 g/mol. The third-order valence-corrected chi connectivity index (χ3v) is 5.93. The molecule has 1 saturated heterocycles. The number of carbonyl (C=O) groups excluding carboxylic acids is 1. The molecule has 11 heteroatoms. The second-order valence-corrected chi connectivity index (χ2v) is 7.98. The zero-order valence-electron chi connectivity index (χ0n) is 16.5. The van der Waals surface area contributed by atoms with Gasteiger partial charge in [0, 0.05) is 42.3 Å². The first kappa shape index (κ1) is 19.2. The van der Waals surface area contributed by atoms with Crippen molar-refractivity contribution in [3.8, 4) is 17.1 Å². The molecule has 0 bridgehead atoms. The fourth-order valence-electron chi connectivity index (χ4n) is 3.49. The summed E-state index contributed by atoms with van der Waals surface area (Å²) in [6.45, 7) is 1.49. The number of pyridine rings is 1. The summed E-state index contributed by atoms with van der Waals surface area (Å²) in [7, 11) is 0. The molecule has 0 spiro atoms. The van der Waals surface area contributed by atoms with Crippen molar-refractivity contribution in [2.75, 3.05) is 23.3 Å². The molecule has 1 fully saturated rings. The van der Waals surface area contributed by atoms with Gasteiger partial charge in [-0.3, -0.25) is 9.78 Å². The van der Waals surface area contributed by atoms with Crippen LogP contribution in [0.3, 0.4) is 0 Å². The summed E-state index contributed by atoms with van der Waals surface area (Å²) in [5, 5.41) is 18.1. The maximum absolute atomic E-state index is 12.7. The van der Waals surface area contributed by atoms with Crippen LogP contribution >= 0.6 is 11.3 Å². The van der Waals surface area contributed by atoms with Gasteiger partial charge in [0.25, 0.3) is 0 Å². The molecule has 1 aliphatic rings. The Morgan fingerprint density at radius 2 is 1.94 bits per heavy atom. The molecule has 5 rings (SSSR count). The number of nitrogens with zero attached hydrogens (tertiary/aromatic N) is 8. The third-order valence-electron chi connectivity index (χ3n) is 5.17. The van der Waals surface area contributed by atoms with E-state index in [-0.39, 0.29) is 11.8 Å². The van der Waals surface area contributed by atoms with Crippen molar-refractivity contribution in [1.82, 2.24) is 34.9 Å². The second kappa shape index (κ2) is 8.56. The highest BCUT2D eigenvalue weighted by molar-refractivity contribution is 7.14. The molecule has 4 aromatic rings. The lowest BCUT2D eigenvalue weighted by molar-refractivity contribution is -0.120. The first-order valence-corrected chi connectivity index (χ1v) is 10.7. The van der Waals surface area contributed by atoms with Crippen molar-refractivity contribution in [2.24, 2.45) is 5.92 Å². The number of amides is 1. The highest BCUT2D eigenvalue weighted by atomic mass is 32.1. The van der Waals surface area contributed by atoms with Gasteiger partial charge in [0.2, 0.25) is 5.91 Å². The van der Waals surface area contributed by atoms with Crippen molar-refractivity contribution >= 4 is 28.2 Å². The molecular weight excluding hydrogens is 414 g/mol. The zero-order chi connectivity index (χ0) is 21.0. The first-order chi connectivity index (χ1) is 15.3. The van der Waals surface area contributed by atoms with Crippen molar-refractivity contribution in [2.45, 2.75) is 12.8 Å². The Bertz CT molecular complexity index is 1140. The van der Waals surface area contributed by atoms with Crippen LogP contribution in [-0.4, -0.2) is 53.9 Å². The number of hydrogen-bond donors (Lipinski definition) is 1. The molecule has 0 aliphatic carbocycles. The van der Waals surface area contributed by atoms with Gasteiger partial charge in [0.05, 0.1) is 5.69 Å². The van der Waals surface area contributed by atoms with E-state index in [2.05, 4.69) is 40.5 Å². The summed E-state index contributed by atoms with van der Waals surface area (Å²) in [5.74, 6) is 1.37. The molecule has 0 aromatic carbocycles. The second-order valence-electron chi connectivity index (χ2n) is 7.12. The first-order valence-electron chi connectivity index (χ1n) is 9.87. The molecule has 1 N–H and O–H groups in total. The summed E-state index contributed by atoms with van der Waals surface area (Å²) in [4.78, 5) is 27.4. The van der Waals surface area contributed by atoms with Gasteiger partial charge in [-0.2, -0.15) is 5.10 Å². The van der Waals surface area contributed by atoms with Crippen LogP contribution in [0.5, 0.6) is 0 Å². The number of carbonyl (C=O) groups is 1. The molecule has 156 valence electrons. The van der Waals surface area contributed by atoms with E-state index in [1.165, 1.54) is 17.7 Å². The standard InChI is InChI=1S/C20H19N9OS/c30-19(25-20-24-16(11-31-20)15-2-1-7-21-10-15)14-5-8-28(9-6-14)17-3-4-18(27-26-17)29-13-22-12-23-29/h1-4,7,10-14H,5-6,8-9H2,(H,24,25,30). The van der Waals surface area contributed by atoms with E-state index in [4.69, 9.17) is 0 Å². The smallest absolute Gasteiger partial charge is 0.229 e. The van der Waals surface area contributed by atoms with Gasteiger partial charge in [-0.1, -0.05) is 0 Å². The Hall–Kier alpha value is -3.73. The summed E-state index contributed by atoms with van der Waals surface area (Å²) < 4.78 is 1.56. The van der Waals surface area contributed by atoms with Gasteiger partial charge < -0.3 is 10.2 Å². The SMILES string of the molecule is O=C(Nc1nc(-c2cccnc2)cs1)C1CCN(c2ccc(-n3cncn3)nn2)CC1. The maximum Gasteiger partial charge on any atom is 0.229 e. The minimum Gasteiger partial charge on any atom is -0.355 e. The number of anilines is 2. The number of rotatable bonds is 5. The predicted octanol–water partition coefficient (Wildman–Crippen LogP) is 2.43. The molecule has 31 heavy (non-hydrogen) atoms. The zero-order valence-corrected chi connectivity index (χ0v) is 17.3. The molecule has 0 atom stereocenters. The Morgan fingerprint density at radius 3 is 2.65 bits per heavy atom. The molecular formula is C20H19N9OS. The lowest BCUT2D eigenvalue weighted by Crippen LogP contribution is -2.38. The van der Waals surface area contributed by atoms with Gasteiger partial charge in [-0.05, 0) is 37.1 Å². The molecule has 0 unspecified atom stereocenters. The van der Waals surface area contributed by atoms with Crippen LogP contribution in [0.1, 0.15) is 12.8 Å². The van der Waals surface area contributed by atoms with E-state index in [0.717, 1.165) is 43.0 Å². The fraction of sp³-hybridized carbons (Fsp3) is 0.250. The quantitative estimate of drug-likeness (QED) is 0.510. The summed E-state index contributed by atoms with van der Waals surface area (Å²) in [6, 6.07) is 7.59. The maximum atomic E-state index is 12.7. The largest absolute Gasteiger partial charge is 0.355 e. The van der Waals surface area contributed by atoms with Crippen LogP contribution in [0.25, 0.3) is 17.1 Å². The van der Waals surface area contributed by atoms with Crippen LogP contribution in [0, 0.1) is 5.92 Å². The van der Waals surface area contributed by atoms with E-state index >= 15 is 0 Å². The molecule has 5 heterocycles. The van der Waals surface area contributed by atoms with Crippen LogP contribution in [0.4, 0.5) is 10.9 Å². The van der Waals surface area contributed by atoms with E-state index in [1.54, 1.807) is 23.4 Å². The number of hydrogen-bond acceptors (Lipinski definition) is 9. The molecule has 1 aliphatic heterocycles. The number of aromatic nitrogens is 7. The van der Waals surface area contributed by atoms with Crippen LogP contribution in [0.2, 0.25) is 0 Å². The van der Waals surface area contributed by atoms with E-state index < -0.39 is 0 Å². The van der Waals surface area contributed by atoms with Crippen LogP contribution in [0.15, 0.2) is 54.7 Å². The highest BCUT2D eigenvalue weighted by Gasteiger charge is 2.26. The van der Waals surface area contributed by atoms with E-state index in [9.17, 15) is 4.79 Å². The van der Waals surface area contributed by atoms with Gasteiger partial charge in [0.15, 0.2) is 16.8 Å². The highest BCUT2D eigenvalue weighted by Crippen LogP contribution is 2.27. The minimum absolute atomic E-state index is 0.0133. The van der Waals surface area contributed by atoms with Crippen LogP contribution < -0.4 is 10.2 Å². The Kier molecular flexibility index (Phi) is 5.31. The average molecular weight is 434 g/mol. The minimum atomic E-state index is -0.0515. The lowest BCUT2D eigenvalue weighted by Gasteiger charge is -2.31. The van der Waals surface area contributed by atoms with Gasteiger partial charge in [-0.25, -0.2) is 14.6 Å². The normalized spacial score (nSPS) is 14.5. The number of thiazole rings is 1. The van der Waals surface area contributed by atoms with Gasteiger partial charge >= 0.3 is 0 Å². The molecule has 0 radical (unpaired) electrons. The lowest BCUT2D eigenvalue weighted by atomic mass is 9.96. The summed E-state index contributed by atoms with van der Waals surface area (Å²) in [5.41, 5.74) is 1.75. The predicted molar refractivity (Wildman–Crippen MR) is 116 cm³/mol. The van der Waals surface area contributed by atoms with Crippen molar-refractivity contribution in [3.05, 3.63) is 54.7 Å². The fourth-order valence-corrected chi connectivity index (χ4v) is 4.21. The Labute approximate surface area is 182 Å². The van der Waals surface area contributed by atoms with E-state index in [1.807, 2.05) is 29.6 Å². The van der Waals surface area contributed by atoms with Gasteiger partial charge in [-0.15, -0.1) is 21.5 Å². The number of nitrogens with one attached hydrogen (secondary N) is 1. The summed E-state index contributed by atoms with van der Waals surface area (Å²) in [6.07, 6.45) is 8.02. The topological polar surface area (TPSA) is 115 Å². The Morgan fingerprint density at radius 1 is 1.10 bits per heavy atom. The molecule has 1 amide bonds.